The molecule has 11 heavy (non-hydrogen) atoms. The molecule has 0 spiro atoms. The summed E-state index contributed by atoms with van der Waals surface area (Å²) in [6, 6.07) is 1.99. The highest BCUT2D eigenvalue weighted by Gasteiger charge is 2.18. The number of hydrogen-bond acceptors (Lipinski definition) is 3. The number of amides is 1. The van der Waals surface area contributed by atoms with Crippen LogP contribution in [-0.2, 0) is 4.74 Å². The smallest absolute Gasteiger partial charge is 0.409 e. The molecule has 4 heteroatoms. The Kier molecular flexibility index (Phi) is 2.73. The Labute approximate surface area is 65.4 Å². The van der Waals surface area contributed by atoms with Crippen LogP contribution in [0.5, 0.6) is 0 Å². The maximum absolute atomic E-state index is 10.9. The zero-order valence-corrected chi connectivity index (χ0v) is 6.25. The van der Waals surface area contributed by atoms with Crippen molar-refractivity contribution in [2.24, 2.45) is 0 Å². The van der Waals surface area contributed by atoms with Crippen LogP contribution >= 0.6 is 0 Å². The fraction of sp³-hybridized carbons (Fsp3) is 0.714. The molecule has 0 saturated carbocycles. The zero-order valence-electron chi connectivity index (χ0n) is 6.25. The molecule has 1 amide bonds. The van der Waals surface area contributed by atoms with E-state index in [1.54, 1.807) is 4.90 Å². The lowest BCUT2D eigenvalue weighted by molar-refractivity contribution is 0.0739. The van der Waals surface area contributed by atoms with E-state index in [0.29, 0.717) is 19.6 Å². The maximum Gasteiger partial charge on any atom is 0.409 e. The summed E-state index contributed by atoms with van der Waals surface area (Å²) in [5.74, 6) is 0. The first-order valence-electron chi connectivity index (χ1n) is 3.63. The molecule has 0 bridgehead atoms. The third-order valence-electron chi connectivity index (χ3n) is 1.55. The Balaban J connectivity index is 2.31. The van der Waals surface area contributed by atoms with Gasteiger partial charge in [-0.2, -0.15) is 5.26 Å². The first kappa shape index (κ1) is 7.86. The molecule has 0 aromatic rings. The van der Waals surface area contributed by atoms with Crippen LogP contribution in [0.25, 0.3) is 0 Å². The monoisotopic (exact) mass is 154 g/mol. The third-order valence-corrected chi connectivity index (χ3v) is 1.55. The Morgan fingerprint density at radius 2 is 2.55 bits per heavy atom. The lowest BCUT2D eigenvalue weighted by Gasteiger charge is -2.25. The largest absolute Gasteiger partial charge is 0.449 e. The Hall–Kier alpha value is -1.24. The molecule has 0 aromatic carbocycles. The first-order valence-corrected chi connectivity index (χ1v) is 3.63. The van der Waals surface area contributed by atoms with Crippen molar-refractivity contribution in [3.8, 4) is 6.07 Å². The van der Waals surface area contributed by atoms with Gasteiger partial charge >= 0.3 is 6.09 Å². The topological polar surface area (TPSA) is 53.3 Å². The van der Waals surface area contributed by atoms with E-state index < -0.39 is 0 Å². The Morgan fingerprint density at radius 3 is 3.18 bits per heavy atom. The molecular formula is C7H10N2O2. The van der Waals surface area contributed by atoms with E-state index in [-0.39, 0.29) is 6.09 Å². The SMILES string of the molecule is N#CCCN1CCCOC1=O. The summed E-state index contributed by atoms with van der Waals surface area (Å²) < 4.78 is 4.77. The second-order valence-corrected chi connectivity index (χ2v) is 2.36. The highest BCUT2D eigenvalue weighted by Crippen LogP contribution is 2.04. The quantitative estimate of drug-likeness (QED) is 0.589. The van der Waals surface area contributed by atoms with Gasteiger partial charge in [-0.3, -0.25) is 0 Å². The Bertz CT molecular complexity index is 185. The van der Waals surface area contributed by atoms with E-state index in [0.717, 1.165) is 13.0 Å². The number of ether oxygens (including phenoxy) is 1. The molecule has 60 valence electrons. The normalized spacial score (nSPS) is 17.4. The summed E-state index contributed by atoms with van der Waals surface area (Å²) in [5, 5.41) is 8.25. The van der Waals surface area contributed by atoms with Gasteiger partial charge in [0.15, 0.2) is 0 Å². The minimum atomic E-state index is -0.286. The molecule has 1 heterocycles. The third kappa shape index (κ3) is 2.11. The fourth-order valence-corrected chi connectivity index (χ4v) is 0.986. The van der Waals surface area contributed by atoms with E-state index in [9.17, 15) is 4.79 Å². The van der Waals surface area contributed by atoms with Gasteiger partial charge in [0.25, 0.3) is 0 Å². The van der Waals surface area contributed by atoms with Crippen LogP contribution in [0.1, 0.15) is 12.8 Å². The molecule has 0 aliphatic carbocycles. The first-order chi connectivity index (χ1) is 5.34. The van der Waals surface area contributed by atoms with Crippen molar-refractivity contribution in [2.75, 3.05) is 19.7 Å². The van der Waals surface area contributed by atoms with Crippen LogP contribution in [0.15, 0.2) is 0 Å². The maximum atomic E-state index is 10.9. The molecule has 0 radical (unpaired) electrons. The van der Waals surface area contributed by atoms with E-state index in [1.807, 2.05) is 6.07 Å². The summed E-state index contributed by atoms with van der Waals surface area (Å²) in [6.45, 7) is 1.73. The van der Waals surface area contributed by atoms with Gasteiger partial charge in [0.05, 0.1) is 19.1 Å². The van der Waals surface area contributed by atoms with Crippen LogP contribution in [0.2, 0.25) is 0 Å². The van der Waals surface area contributed by atoms with E-state index >= 15 is 0 Å². The summed E-state index contributed by atoms with van der Waals surface area (Å²) in [4.78, 5) is 12.5. The van der Waals surface area contributed by atoms with E-state index in [4.69, 9.17) is 10.00 Å². The van der Waals surface area contributed by atoms with Crippen molar-refractivity contribution >= 4 is 6.09 Å². The highest BCUT2D eigenvalue weighted by atomic mass is 16.6. The van der Waals surface area contributed by atoms with Gasteiger partial charge in [-0.25, -0.2) is 4.79 Å². The number of carbonyl (C=O) groups excluding carboxylic acids is 1. The van der Waals surface area contributed by atoms with Crippen molar-refractivity contribution in [2.45, 2.75) is 12.8 Å². The number of rotatable bonds is 2. The van der Waals surface area contributed by atoms with Crippen LogP contribution in [0, 0.1) is 11.3 Å². The molecule has 0 atom stereocenters. The number of hydrogen-bond donors (Lipinski definition) is 0. The molecule has 1 saturated heterocycles. The standard InChI is InChI=1S/C7H10N2O2/c8-3-1-4-9-5-2-6-11-7(9)10/h1-2,4-6H2. The lowest BCUT2D eigenvalue weighted by atomic mass is 10.3. The van der Waals surface area contributed by atoms with E-state index in [2.05, 4.69) is 0 Å². The predicted molar refractivity (Wildman–Crippen MR) is 37.8 cm³/mol. The van der Waals surface area contributed by atoms with Gasteiger partial charge in [0, 0.05) is 13.1 Å². The number of carbonyl (C=O) groups is 1. The van der Waals surface area contributed by atoms with Crippen LogP contribution in [0.4, 0.5) is 4.79 Å². The molecule has 1 aliphatic rings. The molecule has 1 fully saturated rings. The summed E-state index contributed by atoms with van der Waals surface area (Å²) in [6.07, 6.45) is 0.971. The predicted octanol–water partition coefficient (Wildman–Crippen LogP) is 0.742. The average molecular weight is 154 g/mol. The van der Waals surface area contributed by atoms with Crippen molar-refractivity contribution < 1.29 is 9.53 Å². The van der Waals surface area contributed by atoms with Gasteiger partial charge in [-0.05, 0) is 6.42 Å². The molecular weight excluding hydrogens is 144 g/mol. The van der Waals surface area contributed by atoms with Gasteiger partial charge < -0.3 is 9.64 Å². The van der Waals surface area contributed by atoms with Crippen molar-refractivity contribution in [3.05, 3.63) is 0 Å². The number of cyclic esters (lactones) is 1. The summed E-state index contributed by atoms with van der Waals surface area (Å²) in [7, 11) is 0. The molecule has 1 rings (SSSR count). The molecule has 0 aromatic heterocycles. The summed E-state index contributed by atoms with van der Waals surface area (Å²) in [5.41, 5.74) is 0. The van der Waals surface area contributed by atoms with Crippen molar-refractivity contribution in [3.63, 3.8) is 0 Å². The summed E-state index contributed by atoms with van der Waals surface area (Å²) >= 11 is 0. The molecule has 4 nitrogen and oxygen atoms in total. The van der Waals surface area contributed by atoms with Gasteiger partial charge in [-0.15, -0.1) is 0 Å². The second kappa shape index (κ2) is 3.81. The minimum absolute atomic E-state index is 0.286. The van der Waals surface area contributed by atoms with Crippen LogP contribution in [0.3, 0.4) is 0 Å². The fourth-order valence-electron chi connectivity index (χ4n) is 0.986. The van der Waals surface area contributed by atoms with Gasteiger partial charge in [-0.1, -0.05) is 0 Å². The number of nitriles is 1. The number of nitrogens with zero attached hydrogens (tertiary/aromatic N) is 2. The lowest BCUT2D eigenvalue weighted by Crippen LogP contribution is -2.38. The van der Waals surface area contributed by atoms with Gasteiger partial charge in [0.2, 0.25) is 0 Å². The van der Waals surface area contributed by atoms with Crippen LogP contribution in [-0.4, -0.2) is 30.7 Å². The molecule has 1 aliphatic heterocycles. The van der Waals surface area contributed by atoms with Crippen molar-refractivity contribution in [1.29, 1.82) is 5.26 Å². The Morgan fingerprint density at radius 1 is 1.73 bits per heavy atom. The molecule has 0 unspecified atom stereocenters. The second-order valence-electron chi connectivity index (χ2n) is 2.36. The average Bonchev–Trinajstić information content (AvgIpc) is 2.03. The van der Waals surface area contributed by atoms with Gasteiger partial charge in [0.1, 0.15) is 0 Å². The van der Waals surface area contributed by atoms with E-state index in [1.165, 1.54) is 0 Å². The highest BCUT2D eigenvalue weighted by molar-refractivity contribution is 5.68. The minimum Gasteiger partial charge on any atom is -0.449 e. The van der Waals surface area contributed by atoms with Crippen LogP contribution < -0.4 is 0 Å². The molecule has 0 N–H and O–H groups in total. The zero-order chi connectivity index (χ0) is 8.10. The van der Waals surface area contributed by atoms with Crippen molar-refractivity contribution in [1.82, 2.24) is 4.90 Å².